The second-order valence-electron chi connectivity index (χ2n) is 3.03. The van der Waals surface area contributed by atoms with E-state index in [1.807, 2.05) is 30.3 Å². The van der Waals surface area contributed by atoms with Crippen LogP contribution < -0.4 is 5.84 Å². The number of hydrogen-bond donors (Lipinski definition) is 1. The maximum absolute atomic E-state index is 5.93. The summed E-state index contributed by atoms with van der Waals surface area (Å²) in [6.45, 7) is 2.09. The van der Waals surface area contributed by atoms with Gasteiger partial charge in [0, 0.05) is 11.3 Å². The molecule has 6 heteroatoms. The fraction of sp³-hybridized carbons (Fsp3) is 0.200. The van der Waals surface area contributed by atoms with Crippen molar-refractivity contribution >= 4 is 21.6 Å². The van der Waals surface area contributed by atoms with Crippen molar-refractivity contribution in [2.75, 3.05) is 11.6 Å². The van der Waals surface area contributed by atoms with Crippen molar-refractivity contribution in [1.82, 2.24) is 14.9 Å². The first-order valence-electron chi connectivity index (χ1n) is 4.88. The topological polar surface area (TPSA) is 56.7 Å². The second kappa shape index (κ2) is 5.27. The predicted octanol–water partition coefficient (Wildman–Crippen LogP) is 2.42. The van der Waals surface area contributed by atoms with Crippen molar-refractivity contribution in [2.24, 2.45) is 0 Å². The van der Waals surface area contributed by atoms with Crippen LogP contribution in [0, 0.1) is 0 Å². The molecule has 0 saturated carbocycles. The minimum atomic E-state index is 0.694. The lowest BCUT2D eigenvalue weighted by molar-refractivity contribution is 0.854. The molecule has 0 atom stereocenters. The first-order valence-corrected chi connectivity index (χ1v) is 7.20. The van der Waals surface area contributed by atoms with Crippen LogP contribution in [0.3, 0.4) is 0 Å². The van der Waals surface area contributed by atoms with Gasteiger partial charge in [0.05, 0.1) is 0 Å². The number of nitrogens with two attached hydrogens (primary N) is 1. The number of aromatic nitrogens is 3. The average molecular weight is 252 g/mol. The minimum absolute atomic E-state index is 0.694. The molecule has 4 nitrogen and oxygen atoms in total. The van der Waals surface area contributed by atoms with Crippen LogP contribution in [0.25, 0.3) is 11.4 Å². The maximum Gasteiger partial charge on any atom is 0.220 e. The molecule has 84 valence electrons. The van der Waals surface area contributed by atoms with Gasteiger partial charge in [-0.3, -0.25) is 0 Å². The van der Waals surface area contributed by atoms with E-state index in [-0.39, 0.29) is 0 Å². The van der Waals surface area contributed by atoms with Gasteiger partial charge in [0.15, 0.2) is 5.82 Å². The van der Waals surface area contributed by atoms with Gasteiger partial charge in [-0.2, -0.15) is 0 Å². The maximum atomic E-state index is 5.93. The number of nitrogens with zero attached hydrogens (tertiary/aromatic N) is 3. The molecule has 2 rings (SSSR count). The highest BCUT2D eigenvalue weighted by Crippen LogP contribution is 2.30. The number of nitrogen functional groups attached to an aromatic ring is 1. The van der Waals surface area contributed by atoms with E-state index >= 15 is 0 Å². The quantitative estimate of drug-likeness (QED) is 0.669. The van der Waals surface area contributed by atoms with E-state index in [0.717, 1.165) is 16.5 Å². The Morgan fingerprint density at radius 1 is 1.25 bits per heavy atom. The number of benzene rings is 1. The molecule has 0 bridgehead atoms. The Morgan fingerprint density at radius 2 is 2.00 bits per heavy atom. The Labute approximate surface area is 102 Å². The van der Waals surface area contributed by atoms with Gasteiger partial charge in [-0.1, -0.05) is 48.0 Å². The molecule has 0 unspecified atom stereocenters. The van der Waals surface area contributed by atoms with Gasteiger partial charge in [-0.15, -0.1) is 10.2 Å². The molecule has 1 aromatic heterocycles. The Hall–Kier alpha value is -1.14. The van der Waals surface area contributed by atoms with Gasteiger partial charge in [-0.25, -0.2) is 4.68 Å². The van der Waals surface area contributed by atoms with Gasteiger partial charge in [0.25, 0.3) is 0 Å². The zero-order valence-electron chi connectivity index (χ0n) is 8.83. The molecule has 0 amide bonds. The molecule has 0 spiro atoms. The summed E-state index contributed by atoms with van der Waals surface area (Å²) >= 11 is 0. The van der Waals surface area contributed by atoms with Gasteiger partial charge < -0.3 is 5.84 Å². The monoisotopic (exact) mass is 252 g/mol. The fourth-order valence-electron chi connectivity index (χ4n) is 1.23. The molecule has 2 aromatic rings. The molecular weight excluding hydrogens is 240 g/mol. The zero-order valence-corrected chi connectivity index (χ0v) is 10.5. The molecule has 2 N–H and O–H groups in total. The third-order valence-electron chi connectivity index (χ3n) is 1.95. The summed E-state index contributed by atoms with van der Waals surface area (Å²) in [5.74, 6) is 7.64. The van der Waals surface area contributed by atoms with Gasteiger partial charge in [0.1, 0.15) is 0 Å². The van der Waals surface area contributed by atoms with Crippen LogP contribution in [0.5, 0.6) is 0 Å². The summed E-state index contributed by atoms with van der Waals surface area (Å²) in [4.78, 5) is 0. The molecule has 16 heavy (non-hydrogen) atoms. The predicted molar refractivity (Wildman–Crippen MR) is 69.6 cm³/mol. The third-order valence-corrected chi connectivity index (χ3v) is 4.24. The van der Waals surface area contributed by atoms with Crippen LogP contribution in [-0.4, -0.2) is 20.6 Å². The zero-order chi connectivity index (χ0) is 11.4. The summed E-state index contributed by atoms with van der Waals surface area (Å²) in [5.41, 5.74) is 0.978. The Kier molecular flexibility index (Phi) is 3.74. The van der Waals surface area contributed by atoms with Crippen LogP contribution in [0.1, 0.15) is 6.92 Å². The third kappa shape index (κ3) is 2.33. The van der Waals surface area contributed by atoms with E-state index in [1.165, 1.54) is 4.68 Å². The first kappa shape index (κ1) is 11.3. The van der Waals surface area contributed by atoms with Gasteiger partial charge in [0.2, 0.25) is 5.16 Å². The fourth-order valence-corrected chi connectivity index (χ4v) is 2.70. The van der Waals surface area contributed by atoms with Crippen molar-refractivity contribution in [2.45, 2.75) is 12.1 Å². The van der Waals surface area contributed by atoms with Gasteiger partial charge in [-0.05, 0) is 10.8 Å². The Balaban J connectivity index is 2.27. The van der Waals surface area contributed by atoms with Crippen molar-refractivity contribution < 1.29 is 0 Å². The lowest BCUT2D eigenvalue weighted by Crippen LogP contribution is -2.11. The summed E-state index contributed by atoms with van der Waals surface area (Å²) in [6.07, 6.45) is 0. The number of hydrogen-bond acceptors (Lipinski definition) is 5. The molecule has 0 aliphatic rings. The minimum Gasteiger partial charge on any atom is -0.335 e. The van der Waals surface area contributed by atoms with Crippen LogP contribution in [0.15, 0.2) is 35.5 Å². The highest BCUT2D eigenvalue weighted by molar-refractivity contribution is 8.76. The van der Waals surface area contributed by atoms with E-state index in [0.29, 0.717) is 5.82 Å². The smallest absolute Gasteiger partial charge is 0.220 e. The van der Waals surface area contributed by atoms with Gasteiger partial charge >= 0.3 is 0 Å². The summed E-state index contributed by atoms with van der Waals surface area (Å²) in [7, 11) is 3.24. The Bertz CT molecular complexity index is 455. The van der Waals surface area contributed by atoms with E-state index in [2.05, 4.69) is 17.1 Å². The normalized spacial score (nSPS) is 10.6. The molecule has 0 aliphatic heterocycles. The molecule has 0 aliphatic carbocycles. The lowest BCUT2D eigenvalue weighted by Gasteiger charge is -2.02. The van der Waals surface area contributed by atoms with Crippen LogP contribution in [0.4, 0.5) is 0 Å². The van der Waals surface area contributed by atoms with Crippen LogP contribution >= 0.6 is 21.6 Å². The largest absolute Gasteiger partial charge is 0.335 e. The first-order chi connectivity index (χ1) is 7.83. The van der Waals surface area contributed by atoms with E-state index in [4.69, 9.17) is 5.84 Å². The molecule has 1 aromatic carbocycles. The van der Waals surface area contributed by atoms with Crippen molar-refractivity contribution in [3.63, 3.8) is 0 Å². The van der Waals surface area contributed by atoms with Crippen molar-refractivity contribution in [1.29, 1.82) is 0 Å². The van der Waals surface area contributed by atoms with Crippen molar-refractivity contribution in [3.05, 3.63) is 30.3 Å². The molecular formula is C10H12N4S2. The highest BCUT2D eigenvalue weighted by atomic mass is 33.1. The average Bonchev–Trinajstić information content (AvgIpc) is 2.69. The van der Waals surface area contributed by atoms with Crippen molar-refractivity contribution in [3.8, 4) is 11.4 Å². The molecule has 1 heterocycles. The van der Waals surface area contributed by atoms with Crippen LogP contribution in [0.2, 0.25) is 0 Å². The van der Waals surface area contributed by atoms with E-state index < -0.39 is 0 Å². The molecule has 0 saturated heterocycles. The second-order valence-corrected chi connectivity index (χ2v) is 5.58. The van der Waals surface area contributed by atoms with E-state index in [9.17, 15) is 0 Å². The standard InChI is InChI=1S/C10H12N4S2/c1-2-15-16-10-13-12-9(14(10)11)8-6-4-3-5-7-8/h3-7H,2,11H2,1H3. The van der Waals surface area contributed by atoms with E-state index in [1.54, 1.807) is 21.6 Å². The SMILES string of the molecule is CCSSc1nnc(-c2ccccc2)n1N. The number of rotatable bonds is 4. The highest BCUT2D eigenvalue weighted by Gasteiger charge is 2.11. The summed E-state index contributed by atoms with van der Waals surface area (Å²) < 4.78 is 1.53. The van der Waals surface area contributed by atoms with Crippen LogP contribution in [-0.2, 0) is 0 Å². The lowest BCUT2D eigenvalue weighted by atomic mass is 10.2. The summed E-state index contributed by atoms with van der Waals surface area (Å²) in [5, 5.41) is 8.88. The molecule has 0 fully saturated rings. The molecule has 0 radical (unpaired) electrons. The summed E-state index contributed by atoms with van der Waals surface area (Å²) in [6, 6.07) is 9.81. The Morgan fingerprint density at radius 3 is 2.69 bits per heavy atom.